The van der Waals surface area contributed by atoms with E-state index in [9.17, 15) is 25.0 Å². The molecule has 0 aliphatic heterocycles. The van der Waals surface area contributed by atoms with Crippen LogP contribution < -0.4 is 9.47 Å². The van der Waals surface area contributed by atoms with E-state index in [1.807, 2.05) is 0 Å². The molecule has 142 valence electrons. The molecule has 0 unspecified atom stereocenters. The first-order valence-electron chi connectivity index (χ1n) is 7.64. The van der Waals surface area contributed by atoms with Gasteiger partial charge in [0.05, 0.1) is 30.1 Å². The lowest BCUT2D eigenvalue weighted by Gasteiger charge is -2.15. The lowest BCUT2D eigenvalue weighted by Crippen LogP contribution is -2.12. The van der Waals surface area contributed by atoms with Gasteiger partial charge in [0.25, 0.3) is 11.4 Å². The fraction of sp³-hybridized carbons (Fsp3) is 0.235. The Morgan fingerprint density at radius 2 is 1.63 bits per heavy atom. The summed E-state index contributed by atoms with van der Waals surface area (Å²) in [6, 6.07) is 7.79. The number of hydrogen-bond acceptors (Lipinski definition) is 8. The summed E-state index contributed by atoms with van der Waals surface area (Å²) in [5, 5.41) is 22.2. The van der Waals surface area contributed by atoms with E-state index in [1.54, 1.807) is 6.07 Å². The minimum absolute atomic E-state index is 0.0903. The summed E-state index contributed by atoms with van der Waals surface area (Å²) in [5.74, 6) is -0.757. The SMILES string of the molecule is COc1cc(C(=O)O[C@H](C)c2cccc([N+](=O)[O-])c2)c([N+](=O)[O-])cc1OC. The first kappa shape index (κ1) is 19.6. The molecule has 2 aromatic rings. The van der Waals surface area contributed by atoms with Gasteiger partial charge in [-0.15, -0.1) is 0 Å². The van der Waals surface area contributed by atoms with Crippen LogP contribution in [-0.4, -0.2) is 30.0 Å². The second-order valence-corrected chi connectivity index (χ2v) is 5.38. The van der Waals surface area contributed by atoms with Gasteiger partial charge in [-0.1, -0.05) is 12.1 Å². The minimum atomic E-state index is -0.971. The van der Waals surface area contributed by atoms with E-state index in [2.05, 4.69) is 0 Å². The zero-order valence-electron chi connectivity index (χ0n) is 14.7. The number of nitro benzene ring substituents is 2. The Morgan fingerprint density at radius 3 is 2.19 bits per heavy atom. The number of non-ortho nitro benzene ring substituents is 1. The Balaban J connectivity index is 2.35. The van der Waals surface area contributed by atoms with Crippen LogP contribution in [0.4, 0.5) is 11.4 Å². The molecule has 0 amide bonds. The third kappa shape index (κ3) is 4.29. The number of ether oxygens (including phenoxy) is 3. The number of nitro groups is 2. The van der Waals surface area contributed by atoms with Crippen LogP contribution in [-0.2, 0) is 4.74 Å². The molecule has 0 heterocycles. The molecule has 27 heavy (non-hydrogen) atoms. The van der Waals surface area contributed by atoms with Crippen LogP contribution in [0, 0.1) is 20.2 Å². The van der Waals surface area contributed by atoms with Crippen LogP contribution in [0.25, 0.3) is 0 Å². The summed E-state index contributed by atoms with van der Waals surface area (Å²) in [6.07, 6.45) is -0.870. The van der Waals surface area contributed by atoms with Gasteiger partial charge in [-0.25, -0.2) is 4.79 Å². The van der Waals surface area contributed by atoms with Crippen molar-refractivity contribution < 1.29 is 28.9 Å². The van der Waals surface area contributed by atoms with Gasteiger partial charge in [0, 0.05) is 18.2 Å². The van der Waals surface area contributed by atoms with Gasteiger partial charge in [-0.2, -0.15) is 0 Å². The lowest BCUT2D eigenvalue weighted by molar-refractivity contribution is -0.385. The smallest absolute Gasteiger partial charge is 0.345 e. The summed E-state index contributed by atoms with van der Waals surface area (Å²) in [4.78, 5) is 33.3. The zero-order chi connectivity index (χ0) is 20.1. The molecule has 0 spiro atoms. The van der Waals surface area contributed by atoms with E-state index in [-0.39, 0.29) is 22.7 Å². The van der Waals surface area contributed by atoms with E-state index in [0.29, 0.717) is 5.56 Å². The molecule has 0 bridgehead atoms. The molecule has 0 saturated heterocycles. The Bertz CT molecular complexity index is 896. The molecule has 0 aliphatic carbocycles. The molecule has 0 radical (unpaired) electrons. The van der Waals surface area contributed by atoms with E-state index in [1.165, 1.54) is 39.3 Å². The predicted octanol–water partition coefficient (Wildman–Crippen LogP) is 3.44. The van der Waals surface area contributed by atoms with Crippen LogP contribution in [0.1, 0.15) is 28.9 Å². The van der Waals surface area contributed by atoms with Gasteiger partial charge >= 0.3 is 5.97 Å². The number of esters is 1. The Kier molecular flexibility index (Phi) is 5.91. The van der Waals surface area contributed by atoms with Gasteiger partial charge in [-0.3, -0.25) is 20.2 Å². The maximum Gasteiger partial charge on any atom is 0.345 e. The topological polar surface area (TPSA) is 131 Å². The van der Waals surface area contributed by atoms with Crippen molar-refractivity contribution in [1.29, 1.82) is 0 Å². The molecular weight excluding hydrogens is 360 g/mol. The quantitative estimate of drug-likeness (QED) is 0.408. The molecule has 0 N–H and O–H groups in total. The van der Waals surface area contributed by atoms with Crippen LogP contribution in [0.3, 0.4) is 0 Å². The average Bonchev–Trinajstić information content (AvgIpc) is 2.66. The monoisotopic (exact) mass is 376 g/mol. The van der Waals surface area contributed by atoms with Gasteiger partial charge in [0.2, 0.25) is 0 Å². The molecule has 0 aromatic heterocycles. The van der Waals surface area contributed by atoms with Crippen LogP contribution in [0.5, 0.6) is 11.5 Å². The number of benzene rings is 2. The fourth-order valence-electron chi connectivity index (χ4n) is 2.37. The second kappa shape index (κ2) is 8.13. The predicted molar refractivity (Wildman–Crippen MR) is 93.1 cm³/mol. The van der Waals surface area contributed by atoms with Gasteiger partial charge in [-0.05, 0) is 12.5 Å². The van der Waals surface area contributed by atoms with E-state index in [4.69, 9.17) is 14.2 Å². The molecular formula is C17H16N2O8. The number of nitrogens with zero attached hydrogens (tertiary/aromatic N) is 2. The highest BCUT2D eigenvalue weighted by Crippen LogP contribution is 2.35. The molecule has 2 rings (SSSR count). The highest BCUT2D eigenvalue weighted by atomic mass is 16.6. The van der Waals surface area contributed by atoms with Crippen LogP contribution >= 0.6 is 0 Å². The standard InChI is InChI=1S/C17H16N2O8/c1-10(11-5-4-6-12(7-11)18(21)22)27-17(20)13-8-15(25-2)16(26-3)9-14(13)19(23)24/h4-10H,1-3H3/t10-/m1/s1. The summed E-state index contributed by atoms with van der Waals surface area (Å²) >= 11 is 0. The van der Waals surface area contributed by atoms with E-state index < -0.39 is 27.6 Å². The lowest BCUT2D eigenvalue weighted by atomic mass is 10.1. The maximum atomic E-state index is 12.5. The first-order valence-corrected chi connectivity index (χ1v) is 7.64. The van der Waals surface area contributed by atoms with Crippen molar-refractivity contribution in [1.82, 2.24) is 0 Å². The van der Waals surface area contributed by atoms with Crippen molar-refractivity contribution >= 4 is 17.3 Å². The summed E-state index contributed by atoms with van der Waals surface area (Å²) in [6.45, 7) is 1.50. The van der Waals surface area contributed by atoms with Crippen molar-refractivity contribution in [3.8, 4) is 11.5 Å². The number of rotatable bonds is 7. The Labute approximate surface area is 153 Å². The highest BCUT2D eigenvalue weighted by Gasteiger charge is 2.27. The average molecular weight is 376 g/mol. The number of carbonyl (C=O) groups excluding carboxylic acids is 1. The van der Waals surface area contributed by atoms with Gasteiger partial charge in [0.15, 0.2) is 11.5 Å². The molecule has 1 atom stereocenters. The Morgan fingerprint density at radius 1 is 1.00 bits per heavy atom. The molecule has 0 fully saturated rings. The zero-order valence-corrected chi connectivity index (χ0v) is 14.7. The summed E-state index contributed by atoms with van der Waals surface area (Å²) in [7, 11) is 2.63. The normalized spacial score (nSPS) is 11.4. The van der Waals surface area contributed by atoms with E-state index in [0.717, 1.165) is 12.1 Å². The summed E-state index contributed by atoms with van der Waals surface area (Å²) in [5.41, 5.74) is -0.619. The third-order valence-corrected chi connectivity index (χ3v) is 3.75. The second-order valence-electron chi connectivity index (χ2n) is 5.38. The number of methoxy groups -OCH3 is 2. The number of carbonyl (C=O) groups is 1. The van der Waals surface area contributed by atoms with Crippen molar-refractivity contribution in [2.45, 2.75) is 13.0 Å². The van der Waals surface area contributed by atoms with Crippen LogP contribution in [0.2, 0.25) is 0 Å². The molecule has 10 heteroatoms. The van der Waals surface area contributed by atoms with Crippen molar-refractivity contribution in [3.63, 3.8) is 0 Å². The minimum Gasteiger partial charge on any atom is -0.493 e. The largest absolute Gasteiger partial charge is 0.493 e. The summed E-state index contributed by atoms with van der Waals surface area (Å²) < 4.78 is 15.3. The third-order valence-electron chi connectivity index (χ3n) is 3.75. The molecule has 0 aliphatic rings. The Hall–Kier alpha value is -3.69. The maximum absolute atomic E-state index is 12.5. The fourth-order valence-corrected chi connectivity index (χ4v) is 2.37. The van der Waals surface area contributed by atoms with Crippen molar-refractivity contribution in [2.75, 3.05) is 14.2 Å². The molecule has 0 saturated carbocycles. The van der Waals surface area contributed by atoms with Gasteiger partial charge < -0.3 is 14.2 Å². The first-order chi connectivity index (χ1) is 12.8. The van der Waals surface area contributed by atoms with Gasteiger partial charge in [0.1, 0.15) is 11.7 Å². The molecule has 2 aromatic carbocycles. The van der Waals surface area contributed by atoms with E-state index >= 15 is 0 Å². The van der Waals surface area contributed by atoms with Crippen molar-refractivity contribution in [2.24, 2.45) is 0 Å². The highest BCUT2D eigenvalue weighted by molar-refractivity contribution is 5.95. The van der Waals surface area contributed by atoms with Crippen LogP contribution in [0.15, 0.2) is 36.4 Å². The molecule has 10 nitrogen and oxygen atoms in total. The van der Waals surface area contributed by atoms with Crippen molar-refractivity contribution in [3.05, 3.63) is 67.8 Å². The number of hydrogen-bond donors (Lipinski definition) is 0.